The summed E-state index contributed by atoms with van der Waals surface area (Å²) in [6.07, 6.45) is 4.79. The Bertz CT molecular complexity index is 235. The highest BCUT2D eigenvalue weighted by atomic mass is 16.5. The van der Waals surface area contributed by atoms with E-state index in [4.69, 9.17) is 4.74 Å². The van der Waals surface area contributed by atoms with Crippen LogP contribution in [0.5, 0.6) is 5.88 Å². The van der Waals surface area contributed by atoms with E-state index >= 15 is 0 Å². The Balaban J connectivity index is 2.98. The van der Waals surface area contributed by atoms with E-state index in [0.717, 1.165) is 5.69 Å². The standard InChI is InChI=1S/C7H8N2O/c1-3-6-4-8-5-7(9-6)10-2/h3-5H,1H2,2H3. The maximum atomic E-state index is 4.84. The van der Waals surface area contributed by atoms with Gasteiger partial charge in [0, 0.05) is 0 Å². The summed E-state index contributed by atoms with van der Waals surface area (Å²) in [6.45, 7) is 3.55. The predicted molar refractivity (Wildman–Crippen MR) is 38.7 cm³/mol. The predicted octanol–water partition coefficient (Wildman–Crippen LogP) is 1.13. The van der Waals surface area contributed by atoms with Crippen LogP contribution in [0.15, 0.2) is 19.0 Å². The largest absolute Gasteiger partial charge is 0.480 e. The molecule has 0 aliphatic heterocycles. The third-order valence-corrected chi connectivity index (χ3v) is 1.05. The van der Waals surface area contributed by atoms with Crippen molar-refractivity contribution in [3.8, 4) is 5.88 Å². The summed E-state index contributed by atoms with van der Waals surface area (Å²) in [5, 5.41) is 0. The van der Waals surface area contributed by atoms with E-state index in [0.29, 0.717) is 5.88 Å². The van der Waals surface area contributed by atoms with Crippen molar-refractivity contribution in [2.24, 2.45) is 0 Å². The molecule has 0 amide bonds. The molecule has 0 aliphatic rings. The molecule has 0 atom stereocenters. The fraction of sp³-hybridized carbons (Fsp3) is 0.143. The average Bonchev–Trinajstić information content (AvgIpc) is 2.05. The lowest BCUT2D eigenvalue weighted by Gasteiger charge is -1.96. The number of nitrogens with zero attached hydrogens (tertiary/aromatic N) is 2. The number of aromatic nitrogens is 2. The Hall–Kier alpha value is -1.38. The van der Waals surface area contributed by atoms with Gasteiger partial charge in [-0.2, -0.15) is 0 Å². The van der Waals surface area contributed by atoms with Crippen LogP contribution >= 0.6 is 0 Å². The maximum absolute atomic E-state index is 4.84. The van der Waals surface area contributed by atoms with E-state index in [1.807, 2.05) is 0 Å². The Morgan fingerprint density at radius 3 is 3.00 bits per heavy atom. The molecule has 0 saturated carbocycles. The molecule has 3 heteroatoms. The fourth-order valence-electron chi connectivity index (χ4n) is 0.559. The van der Waals surface area contributed by atoms with E-state index in [9.17, 15) is 0 Å². The Morgan fingerprint density at radius 2 is 2.40 bits per heavy atom. The van der Waals surface area contributed by atoms with Gasteiger partial charge in [-0.25, -0.2) is 4.98 Å². The molecule has 0 aromatic carbocycles. The van der Waals surface area contributed by atoms with E-state index in [-0.39, 0.29) is 0 Å². The van der Waals surface area contributed by atoms with E-state index in [1.165, 1.54) is 0 Å². The molecule has 0 saturated heterocycles. The highest BCUT2D eigenvalue weighted by molar-refractivity contribution is 5.40. The van der Waals surface area contributed by atoms with Crippen molar-refractivity contribution < 1.29 is 4.74 Å². The molecule has 0 aliphatic carbocycles. The first-order chi connectivity index (χ1) is 4.86. The van der Waals surface area contributed by atoms with Gasteiger partial charge in [0.05, 0.1) is 25.2 Å². The van der Waals surface area contributed by atoms with Crippen LogP contribution in [0.3, 0.4) is 0 Å². The molecule has 3 nitrogen and oxygen atoms in total. The summed E-state index contributed by atoms with van der Waals surface area (Å²) in [6, 6.07) is 0. The summed E-state index contributed by atoms with van der Waals surface area (Å²) >= 11 is 0. The van der Waals surface area contributed by atoms with Gasteiger partial charge in [0.2, 0.25) is 5.88 Å². The van der Waals surface area contributed by atoms with Crippen LogP contribution in [0.2, 0.25) is 0 Å². The lowest BCUT2D eigenvalue weighted by Crippen LogP contribution is -1.89. The number of hydrogen-bond donors (Lipinski definition) is 0. The molecule has 0 spiro atoms. The van der Waals surface area contributed by atoms with Crippen molar-refractivity contribution in [2.75, 3.05) is 7.11 Å². The highest BCUT2D eigenvalue weighted by Crippen LogP contribution is 2.03. The second-order valence-electron chi connectivity index (χ2n) is 1.69. The summed E-state index contributed by atoms with van der Waals surface area (Å²) in [5.41, 5.74) is 0.722. The molecule has 0 N–H and O–H groups in total. The Labute approximate surface area is 59.4 Å². The molecule has 1 rings (SSSR count). The fourth-order valence-corrected chi connectivity index (χ4v) is 0.559. The first-order valence-electron chi connectivity index (χ1n) is 2.85. The number of rotatable bonds is 2. The first kappa shape index (κ1) is 6.74. The summed E-state index contributed by atoms with van der Waals surface area (Å²) in [4.78, 5) is 7.87. The molecule has 10 heavy (non-hydrogen) atoms. The van der Waals surface area contributed by atoms with Gasteiger partial charge in [-0.05, 0) is 6.08 Å². The minimum atomic E-state index is 0.511. The van der Waals surface area contributed by atoms with E-state index in [1.54, 1.807) is 25.6 Å². The van der Waals surface area contributed by atoms with Crippen molar-refractivity contribution in [1.29, 1.82) is 0 Å². The number of hydrogen-bond acceptors (Lipinski definition) is 3. The van der Waals surface area contributed by atoms with Crippen molar-refractivity contribution in [3.05, 3.63) is 24.7 Å². The minimum absolute atomic E-state index is 0.511. The molecule has 1 aromatic heterocycles. The second kappa shape index (κ2) is 2.96. The van der Waals surface area contributed by atoms with Crippen LogP contribution in [-0.4, -0.2) is 17.1 Å². The molecule has 0 radical (unpaired) electrons. The first-order valence-corrected chi connectivity index (χ1v) is 2.85. The van der Waals surface area contributed by atoms with Crippen LogP contribution in [0.1, 0.15) is 5.69 Å². The quantitative estimate of drug-likeness (QED) is 0.611. The number of methoxy groups -OCH3 is 1. The highest BCUT2D eigenvalue weighted by Gasteiger charge is 1.91. The van der Waals surface area contributed by atoms with Crippen LogP contribution in [0, 0.1) is 0 Å². The summed E-state index contributed by atoms with van der Waals surface area (Å²) < 4.78 is 4.84. The third-order valence-electron chi connectivity index (χ3n) is 1.05. The van der Waals surface area contributed by atoms with Gasteiger partial charge in [0.1, 0.15) is 0 Å². The zero-order chi connectivity index (χ0) is 7.40. The SMILES string of the molecule is C=Cc1cncc(OC)n1. The summed E-state index contributed by atoms with van der Waals surface area (Å²) in [7, 11) is 1.55. The van der Waals surface area contributed by atoms with Gasteiger partial charge >= 0.3 is 0 Å². The molecule has 0 unspecified atom stereocenters. The Morgan fingerprint density at radius 1 is 1.60 bits per heavy atom. The van der Waals surface area contributed by atoms with Crippen LogP contribution in [0.4, 0.5) is 0 Å². The van der Waals surface area contributed by atoms with Crippen molar-refractivity contribution in [3.63, 3.8) is 0 Å². The third kappa shape index (κ3) is 1.31. The molecule has 1 heterocycles. The zero-order valence-electron chi connectivity index (χ0n) is 5.74. The topological polar surface area (TPSA) is 35.0 Å². The van der Waals surface area contributed by atoms with Gasteiger partial charge < -0.3 is 4.74 Å². The van der Waals surface area contributed by atoms with E-state index < -0.39 is 0 Å². The van der Waals surface area contributed by atoms with Crippen molar-refractivity contribution >= 4 is 6.08 Å². The van der Waals surface area contributed by atoms with Crippen LogP contribution in [-0.2, 0) is 0 Å². The smallest absolute Gasteiger partial charge is 0.232 e. The zero-order valence-corrected chi connectivity index (χ0v) is 5.74. The average molecular weight is 136 g/mol. The monoisotopic (exact) mass is 136 g/mol. The maximum Gasteiger partial charge on any atom is 0.232 e. The van der Waals surface area contributed by atoms with Gasteiger partial charge in [-0.1, -0.05) is 6.58 Å². The molecule has 52 valence electrons. The lowest BCUT2D eigenvalue weighted by molar-refractivity contribution is 0.395. The van der Waals surface area contributed by atoms with Gasteiger partial charge in [-0.15, -0.1) is 0 Å². The molecular formula is C7H8N2O. The van der Waals surface area contributed by atoms with Gasteiger partial charge in [-0.3, -0.25) is 4.98 Å². The minimum Gasteiger partial charge on any atom is -0.480 e. The normalized spacial score (nSPS) is 8.90. The molecule has 0 bridgehead atoms. The van der Waals surface area contributed by atoms with Crippen LogP contribution in [0.25, 0.3) is 6.08 Å². The molecule has 1 aromatic rings. The molecular weight excluding hydrogens is 128 g/mol. The Kier molecular flexibility index (Phi) is 1.99. The van der Waals surface area contributed by atoms with E-state index in [2.05, 4.69) is 16.5 Å². The van der Waals surface area contributed by atoms with Gasteiger partial charge in [0.25, 0.3) is 0 Å². The summed E-state index contributed by atoms with van der Waals surface area (Å²) in [5.74, 6) is 0.511. The van der Waals surface area contributed by atoms with Crippen molar-refractivity contribution in [1.82, 2.24) is 9.97 Å². The van der Waals surface area contributed by atoms with Gasteiger partial charge in [0.15, 0.2) is 0 Å². The van der Waals surface area contributed by atoms with Crippen molar-refractivity contribution in [2.45, 2.75) is 0 Å². The van der Waals surface area contributed by atoms with Crippen LogP contribution < -0.4 is 4.74 Å². The lowest BCUT2D eigenvalue weighted by atomic mass is 10.4. The molecule has 0 fully saturated rings. The second-order valence-corrected chi connectivity index (χ2v) is 1.69. The number of ether oxygens (including phenoxy) is 1.